The van der Waals surface area contributed by atoms with E-state index in [2.05, 4.69) is 77.8 Å². The van der Waals surface area contributed by atoms with Crippen molar-refractivity contribution in [3.8, 4) is 0 Å². The van der Waals surface area contributed by atoms with Gasteiger partial charge in [0.25, 0.3) is 0 Å². The molecule has 0 saturated heterocycles. The first-order valence-corrected chi connectivity index (χ1v) is 7.96. The maximum absolute atomic E-state index is 2.38. The number of rotatable bonds is 0. The maximum Gasteiger partial charge on any atom is 0.0514 e. The Balaban J connectivity index is 2.41. The molecule has 0 unspecified atom stereocenters. The van der Waals surface area contributed by atoms with Crippen LogP contribution in [0.1, 0.15) is 44.5 Å². The second kappa shape index (κ2) is 5.01. The van der Waals surface area contributed by atoms with E-state index in [9.17, 15) is 0 Å². The molecule has 1 heteroatoms. The van der Waals surface area contributed by atoms with Crippen molar-refractivity contribution >= 4 is 23.5 Å². The molecule has 1 nitrogen and oxygen atoms in total. The molecule has 0 fully saturated rings. The molecular formula is C21H25N. The summed E-state index contributed by atoms with van der Waals surface area (Å²) in [5.74, 6) is 0. The van der Waals surface area contributed by atoms with Crippen molar-refractivity contribution in [3.05, 3.63) is 56.6 Å². The molecule has 0 aliphatic carbocycles. The van der Waals surface area contributed by atoms with Gasteiger partial charge in [-0.3, -0.25) is 0 Å². The molecular weight excluding hydrogens is 266 g/mol. The van der Waals surface area contributed by atoms with Crippen LogP contribution in [0, 0.1) is 41.5 Å². The number of hydrogen-bond acceptors (Lipinski definition) is 1. The van der Waals surface area contributed by atoms with Gasteiger partial charge >= 0.3 is 0 Å². The minimum absolute atomic E-state index is 1.34. The molecule has 0 amide bonds. The molecule has 0 aromatic heterocycles. The predicted molar refractivity (Wildman–Crippen MR) is 98.3 cm³/mol. The molecule has 2 aromatic rings. The van der Waals surface area contributed by atoms with Gasteiger partial charge in [0.2, 0.25) is 0 Å². The molecule has 0 radical (unpaired) electrons. The van der Waals surface area contributed by atoms with Crippen molar-refractivity contribution in [2.24, 2.45) is 0 Å². The van der Waals surface area contributed by atoms with Crippen molar-refractivity contribution in [3.63, 3.8) is 0 Å². The van der Waals surface area contributed by atoms with Crippen LogP contribution in [-0.4, -0.2) is 7.05 Å². The SMILES string of the molecule is Cc1cc(C)c2c(c1C)C=Cc1c(C)c(C)cc(C)c1N2C. The Labute approximate surface area is 134 Å². The molecule has 3 rings (SSSR count). The van der Waals surface area contributed by atoms with Crippen molar-refractivity contribution in [1.82, 2.24) is 0 Å². The molecule has 22 heavy (non-hydrogen) atoms. The van der Waals surface area contributed by atoms with Gasteiger partial charge in [-0.05, 0) is 74.9 Å². The van der Waals surface area contributed by atoms with E-state index in [1.165, 1.54) is 55.9 Å². The first-order valence-electron chi connectivity index (χ1n) is 7.96. The topological polar surface area (TPSA) is 3.24 Å². The average molecular weight is 291 g/mol. The number of aryl methyl sites for hydroxylation is 4. The monoisotopic (exact) mass is 291 g/mol. The normalized spacial score (nSPS) is 13.0. The summed E-state index contributed by atoms with van der Waals surface area (Å²) in [6.07, 6.45) is 4.61. The Morgan fingerprint density at radius 1 is 0.591 bits per heavy atom. The first kappa shape index (κ1) is 14.9. The van der Waals surface area contributed by atoms with E-state index in [-0.39, 0.29) is 0 Å². The summed E-state index contributed by atoms with van der Waals surface area (Å²) in [5.41, 5.74) is 13.6. The van der Waals surface area contributed by atoms with Crippen LogP contribution in [0.3, 0.4) is 0 Å². The molecule has 0 bridgehead atoms. The fraction of sp³-hybridized carbons (Fsp3) is 0.333. The van der Waals surface area contributed by atoms with Gasteiger partial charge in [-0.15, -0.1) is 0 Å². The van der Waals surface area contributed by atoms with Crippen molar-refractivity contribution in [2.45, 2.75) is 41.5 Å². The van der Waals surface area contributed by atoms with E-state index < -0.39 is 0 Å². The molecule has 0 spiro atoms. The standard InChI is InChI=1S/C21H25N/c1-12-10-14(3)20-18(16(12)5)8-9-19-17(6)13(2)11-15(4)21(19)22(20)7/h8-11H,1-7H3. The lowest BCUT2D eigenvalue weighted by Gasteiger charge is -2.28. The minimum atomic E-state index is 1.34. The van der Waals surface area contributed by atoms with Crippen molar-refractivity contribution in [2.75, 3.05) is 11.9 Å². The molecule has 0 atom stereocenters. The lowest BCUT2D eigenvalue weighted by Crippen LogP contribution is -2.15. The summed E-state index contributed by atoms with van der Waals surface area (Å²) in [4.78, 5) is 2.38. The van der Waals surface area contributed by atoms with Gasteiger partial charge in [-0.2, -0.15) is 0 Å². The largest absolute Gasteiger partial charge is 0.343 e. The van der Waals surface area contributed by atoms with Crippen LogP contribution >= 0.6 is 0 Å². The zero-order chi connectivity index (χ0) is 16.2. The van der Waals surface area contributed by atoms with Crippen LogP contribution in [0.5, 0.6) is 0 Å². The first-order chi connectivity index (χ1) is 10.3. The number of nitrogens with zero attached hydrogens (tertiary/aromatic N) is 1. The smallest absolute Gasteiger partial charge is 0.0514 e. The Kier molecular flexibility index (Phi) is 3.40. The second-order valence-electron chi connectivity index (χ2n) is 6.69. The molecule has 114 valence electrons. The van der Waals surface area contributed by atoms with Crippen LogP contribution in [-0.2, 0) is 0 Å². The van der Waals surface area contributed by atoms with Gasteiger partial charge in [0.15, 0.2) is 0 Å². The van der Waals surface area contributed by atoms with E-state index in [0.717, 1.165) is 0 Å². The van der Waals surface area contributed by atoms with E-state index in [1.807, 2.05) is 0 Å². The van der Waals surface area contributed by atoms with Crippen LogP contribution < -0.4 is 4.90 Å². The molecule has 1 heterocycles. The van der Waals surface area contributed by atoms with E-state index in [4.69, 9.17) is 0 Å². The Morgan fingerprint density at radius 3 is 1.32 bits per heavy atom. The van der Waals surface area contributed by atoms with Crippen molar-refractivity contribution in [1.29, 1.82) is 0 Å². The third-order valence-electron chi connectivity index (χ3n) is 5.20. The zero-order valence-corrected chi connectivity index (χ0v) is 14.8. The van der Waals surface area contributed by atoms with Crippen LogP contribution in [0.2, 0.25) is 0 Å². The summed E-state index contributed by atoms with van der Waals surface area (Å²) in [6, 6.07) is 4.61. The highest BCUT2D eigenvalue weighted by atomic mass is 15.1. The fourth-order valence-electron chi connectivity index (χ4n) is 3.78. The number of hydrogen-bond donors (Lipinski definition) is 0. The Morgan fingerprint density at radius 2 is 0.955 bits per heavy atom. The lowest BCUT2D eigenvalue weighted by molar-refractivity contribution is 1.13. The number of benzene rings is 2. The third-order valence-corrected chi connectivity index (χ3v) is 5.20. The van der Waals surface area contributed by atoms with Gasteiger partial charge < -0.3 is 4.90 Å². The van der Waals surface area contributed by atoms with Crippen LogP contribution in [0.25, 0.3) is 12.2 Å². The highest BCUT2D eigenvalue weighted by molar-refractivity contribution is 5.93. The quantitative estimate of drug-likeness (QED) is 0.594. The second-order valence-corrected chi connectivity index (χ2v) is 6.69. The summed E-state index contributed by atoms with van der Waals surface area (Å²) >= 11 is 0. The van der Waals surface area contributed by atoms with Gasteiger partial charge in [-0.25, -0.2) is 0 Å². The number of anilines is 2. The van der Waals surface area contributed by atoms with E-state index in [0.29, 0.717) is 0 Å². The van der Waals surface area contributed by atoms with Gasteiger partial charge in [0.1, 0.15) is 0 Å². The fourth-order valence-corrected chi connectivity index (χ4v) is 3.78. The molecule has 0 saturated carbocycles. The van der Waals surface area contributed by atoms with Crippen LogP contribution in [0.15, 0.2) is 12.1 Å². The highest BCUT2D eigenvalue weighted by Gasteiger charge is 2.22. The maximum atomic E-state index is 2.38. The molecule has 0 N–H and O–H groups in total. The van der Waals surface area contributed by atoms with Gasteiger partial charge in [-0.1, -0.05) is 24.3 Å². The summed E-state index contributed by atoms with van der Waals surface area (Å²) in [7, 11) is 2.20. The lowest BCUT2D eigenvalue weighted by atomic mass is 9.96. The number of fused-ring (bicyclic) bond motifs is 2. The highest BCUT2D eigenvalue weighted by Crippen LogP contribution is 2.42. The Hall–Kier alpha value is -2.02. The summed E-state index contributed by atoms with van der Waals surface area (Å²) in [6.45, 7) is 13.3. The van der Waals surface area contributed by atoms with E-state index >= 15 is 0 Å². The molecule has 1 aliphatic rings. The van der Waals surface area contributed by atoms with Gasteiger partial charge in [0, 0.05) is 18.2 Å². The average Bonchev–Trinajstić information content (AvgIpc) is 2.60. The minimum Gasteiger partial charge on any atom is -0.343 e. The summed E-state index contributed by atoms with van der Waals surface area (Å²) in [5, 5.41) is 0. The predicted octanol–water partition coefficient (Wildman–Crippen LogP) is 5.79. The summed E-state index contributed by atoms with van der Waals surface area (Å²) < 4.78 is 0. The Bertz CT molecular complexity index is 742. The zero-order valence-electron chi connectivity index (χ0n) is 14.8. The molecule has 2 aromatic carbocycles. The molecule has 1 aliphatic heterocycles. The van der Waals surface area contributed by atoms with Crippen molar-refractivity contribution < 1.29 is 0 Å². The van der Waals surface area contributed by atoms with E-state index in [1.54, 1.807) is 0 Å². The van der Waals surface area contributed by atoms with Gasteiger partial charge in [0.05, 0.1) is 11.4 Å². The van der Waals surface area contributed by atoms with Crippen LogP contribution in [0.4, 0.5) is 11.4 Å². The third kappa shape index (κ3) is 1.99.